The van der Waals surface area contributed by atoms with E-state index in [1.807, 2.05) is 49.4 Å². The van der Waals surface area contributed by atoms with Crippen molar-refractivity contribution in [1.29, 1.82) is 0 Å². The SMILES string of the molecule is Cc1c(I)ccc(SC2=C(C(=O)O)N3C(=O)[C@@H](NC(=O)Cc4ccccc4)[C@@H]3SC2)c1I. The average Bonchev–Trinajstić information content (AvgIpc) is 2.78. The van der Waals surface area contributed by atoms with Gasteiger partial charge in [0.25, 0.3) is 5.91 Å². The van der Waals surface area contributed by atoms with Gasteiger partial charge in [0.05, 0.1) is 6.42 Å². The molecule has 166 valence electrons. The van der Waals surface area contributed by atoms with E-state index in [2.05, 4.69) is 50.5 Å². The van der Waals surface area contributed by atoms with Crippen molar-refractivity contribution in [3.63, 3.8) is 0 Å². The topological polar surface area (TPSA) is 86.7 Å². The molecule has 10 heteroatoms. The summed E-state index contributed by atoms with van der Waals surface area (Å²) in [4.78, 5) is 40.3. The van der Waals surface area contributed by atoms with Crippen LogP contribution in [0.4, 0.5) is 0 Å². The number of rotatable bonds is 6. The molecule has 0 unspecified atom stereocenters. The largest absolute Gasteiger partial charge is 0.477 e. The predicted molar refractivity (Wildman–Crippen MR) is 142 cm³/mol. The molecule has 0 saturated carbocycles. The standard InChI is InChI=1S/C22H18I2N2O4S2/c1-11-13(23)7-8-14(17(11)24)32-15-10-31-21-18(20(28)26(21)19(15)22(29)30)25-16(27)9-12-5-3-2-4-6-12/h2-8,18,21H,9-10H2,1H3,(H,25,27)(H,29,30)/t18-,21+/m1/s1. The number of carbonyl (C=O) groups is 3. The van der Waals surface area contributed by atoms with Gasteiger partial charge in [0.2, 0.25) is 5.91 Å². The van der Waals surface area contributed by atoms with Crippen LogP contribution in [0.1, 0.15) is 11.1 Å². The van der Waals surface area contributed by atoms with Crippen LogP contribution in [0.2, 0.25) is 0 Å². The third-order valence-electron chi connectivity index (χ3n) is 5.18. The third-order valence-corrected chi connectivity index (χ3v) is 10.7. The Kier molecular flexibility index (Phi) is 7.42. The van der Waals surface area contributed by atoms with E-state index in [1.54, 1.807) is 0 Å². The molecule has 4 rings (SSSR count). The lowest BCUT2D eigenvalue weighted by Crippen LogP contribution is -2.70. The number of carboxylic acid groups (broad SMARTS) is 1. The first-order chi connectivity index (χ1) is 15.3. The van der Waals surface area contributed by atoms with E-state index in [-0.39, 0.29) is 23.9 Å². The molecule has 1 fully saturated rings. The second-order valence-corrected chi connectivity index (χ2v) is 11.8. The number of β-lactam (4-membered cyclic amide) rings is 1. The van der Waals surface area contributed by atoms with Crippen LogP contribution < -0.4 is 5.32 Å². The van der Waals surface area contributed by atoms with Gasteiger partial charge < -0.3 is 10.4 Å². The maximum atomic E-state index is 12.9. The van der Waals surface area contributed by atoms with Gasteiger partial charge in [-0.3, -0.25) is 14.5 Å². The molecule has 2 aromatic rings. The van der Waals surface area contributed by atoms with Crippen LogP contribution in [0.5, 0.6) is 0 Å². The molecular formula is C22H18I2N2O4S2. The molecule has 0 spiro atoms. The summed E-state index contributed by atoms with van der Waals surface area (Å²) < 4.78 is 2.22. The Balaban J connectivity index is 1.52. The quantitative estimate of drug-likeness (QED) is 0.349. The highest BCUT2D eigenvalue weighted by molar-refractivity contribution is 14.1. The van der Waals surface area contributed by atoms with Crippen LogP contribution in [0, 0.1) is 14.1 Å². The van der Waals surface area contributed by atoms with Crippen LogP contribution in [0.25, 0.3) is 0 Å². The van der Waals surface area contributed by atoms with Gasteiger partial charge in [-0.2, -0.15) is 0 Å². The van der Waals surface area contributed by atoms with Crippen molar-refractivity contribution in [2.24, 2.45) is 0 Å². The second kappa shape index (κ2) is 9.94. The number of nitrogens with zero attached hydrogens (tertiary/aromatic N) is 1. The van der Waals surface area contributed by atoms with Crippen molar-refractivity contribution in [3.05, 3.63) is 71.3 Å². The minimum absolute atomic E-state index is 0.0179. The van der Waals surface area contributed by atoms with Gasteiger partial charge in [-0.1, -0.05) is 42.1 Å². The number of hydrogen-bond donors (Lipinski definition) is 2. The summed E-state index contributed by atoms with van der Waals surface area (Å²) in [5, 5.41) is 12.3. The van der Waals surface area contributed by atoms with Crippen LogP contribution in [-0.4, -0.2) is 45.0 Å². The second-order valence-electron chi connectivity index (χ2n) is 7.28. The Morgan fingerprint density at radius 1 is 1.22 bits per heavy atom. The number of halogens is 2. The molecule has 0 bridgehead atoms. The number of carboxylic acids is 1. The molecule has 2 N–H and O–H groups in total. The lowest BCUT2D eigenvalue weighted by Gasteiger charge is -2.49. The number of fused-ring (bicyclic) bond motifs is 1. The fraction of sp³-hybridized carbons (Fsp3) is 0.227. The van der Waals surface area contributed by atoms with E-state index in [4.69, 9.17) is 0 Å². The summed E-state index contributed by atoms with van der Waals surface area (Å²) in [6, 6.07) is 12.6. The van der Waals surface area contributed by atoms with Gasteiger partial charge in [-0.15, -0.1) is 11.8 Å². The van der Waals surface area contributed by atoms with Gasteiger partial charge >= 0.3 is 5.97 Å². The number of benzene rings is 2. The summed E-state index contributed by atoms with van der Waals surface area (Å²) >= 11 is 7.42. The zero-order valence-corrected chi connectivity index (χ0v) is 22.7. The molecule has 2 amide bonds. The highest BCUT2D eigenvalue weighted by Crippen LogP contribution is 2.46. The Morgan fingerprint density at radius 3 is 2.62 bits per heavy atom. The fourth-order valence-corrected chi connectivity index (χ4v) is 7.85. The molecule has 1 saturated heterocycles. The molecule has 0 radical (unpaired) electrons. The van der Waals surface area contributed by atoms with Crippen molar-refractivity contribution in [2.75, 3.05) is 5.75 Å². The Morgan fingerprint density at radius 2 is 1.94 bits per heavy atom. The Bertz CT molecular complexity index is 1140. The summed E-state index contributed by atoms with van der Waals surface area (Å²) in [6.07, 6.45) is 0.176. The van der Waals surface area contributed by atoms with E-state index in [1.165, 1.54) is 28.4 Å². The monoisotopic (exact) mass is 692 g/mol. The van der Waals surface area contributed by atoms with Crippen molar-refractivity contribution in [1.82, 2.24) is 10.2 Å². The Hall–Kier alpha value is -1.25. The first-order valence-electron chi connectivity index (χ1n) is 9.64. The van der Waals surface area contributed by atoms with E-state index >= 15 is 0 Å². The van der Waals surface area contributed by atoms with Crippen LogP contribution >= 0.6 is 68.7 Å². The van der Waals surface area contributed by atoms with E-state index in [9.17, 15) is 19.5 Å². The maximum absolute atomic E-state index is 12.9. The van der Waals surface area contributed by atoms with Crippen molar-refractivity contribution in [2.45, 2.75) is 29.7 Å². The highest BCUT2D eigenvalue weighted by Gasteiger charge is 2.54. The van der Waals surface area contributed by atoms with Crippen molar-refractivity contribution in [3.8, 4) is 0 Å². The molecule has 2 heterocycles. The molecule has 6 nitrogen and oxygen atoms in total. The minimum Gasteiger partial charge on any atom is -0.477 e. The molecule has 0 aromatic heterocycles. The zero-order chi connectivity index (χ0) is 23.0. The number of thioether (sulfide) groups is 2. The summed E-state index contributed by atoms with van der Waals surface area (Å²) in [7, 11) is 0. The molecule has 32 heavy (non-hydrogen) atoms. The van der Waals surface area contributed by atoms with E-state index in [0.717, 1.165) is 23.2 Å². The molecule has 2 atom stereocenters. The Labute approximate surface area is 221 Å². The van der Waals surface area contributed by atoms with Crippen molar-refractivity contribution >= 4 is 86.5 Å². The first kappa shape index (κ1) is 23.9. The lowest BCUT2D eigenvalue weighted by molar-refractivity contribution is -0.150. The van der Waals surface area contributed by atoms with E-state index < -0.39 is 17.4 Å². The molecule has 0 aliphatic carbocycles. The number of hydrogen-bond acceptors (Lipinski definition) is 5. The normalized spacial score (nSPS) is 20.0. The predicted octanol–water partition coefficient (Wildman–Crippen LogP) is 4.24. The third kappa shape index (κ3) is 4.68. The maximum Gasteiger partial charge on any atom is 0.353 e. The van der Waals surface area contributed by atoms with Gasteiger partial charge in [-0.25, -0.2) is 4.79 Å². The van der Waals surface area contributed by atoms with Crippen LogP contribution in [0.3, 0.4) is 0 Å². The summed E-state index contributed by atoms with van der Waals surface area (Å²) in [6.45, 7) is 2.04. The van der Waals surface area contributed by atoms with Crippen LogP contribution in [0.15, 0.2) is 58.0 Å². The van der Waals surface area contributed by atoms with Crippen LogP contribution in [-0.2, 0) is 20.8 Å². The number of amides is 2. The molecule has 2 aliphatic heterocycles. The summed E-state index contributed by atoms with van der Waals surface area (Å²) in [5.41, 5.74) is 2.03. The number of nitrogens with one attached hydrogen (secondary N) is 1. The number of carbonyl (C=O) groups excluding carboxylic acids is 2. The van der Waals surface area contributed by atoms with Gasteiger partial charge in [-0.05, 0) is 75.4 Å². The smallest absolute Gasteiger partial charge is 0.353 e. The first-order valence-corrected chi connectivity index (χ1v) is 13.7. The minimum atomic E-state index is -1.13. The molecular weight excluding hydrogens is 674 g/mol. The van der Waals surface area contributed by atoms with Gasteiger partial charge in [0.1, 0.15) is 17.1 Å². The average molecular weight is 692 g/mol. The van der Waals surface area contributed by atoms with Gasteiger partial charge in [0, 0.05) is 22.7 Å². The molecule has 2 aliphatic rings. The lowest BCUT2D eigenvalue weighted by atomic mass is 10.0. The van der Waals surface area contributed by atoms with Gasteiger partial charge in [0.15, 0.2) is 0 Å². The zero-order valence-electron chi connectivity index (χ0n) is 16.8. The number of aliphatic carboxylic acids is 1. The molecule has 2 aromatic carbocycles. The fourth-order valence-electron chi connectivity index (χ4n) is 3.52. The highest BCUT2D eigenvalue weighted by atomic mass is 127. The van der Waals surface area contributed by atoms with Crippen molar-refractivity contribution < 1.29 is 19.5 Å². The summed E-state index contributed by atoms with van der Waals surface area (Å²) in [5.74, 6) is -1.29. The van der Waals surface area contributed by atoms with E-state index in [0.29, 0.717) is 10.7 Å².